The van der Waals surface area contributed by atoms with Crippen molar-refractivity contribution >= 4 is 17.7 Å². The number of hydrogen-bond acceptors (Lipinski definition) is 5. The molecule has 1 aromatic rings. The van der Waals surface area contributed by atoms with Gasteiger partial charge in [-0.15, -0.1) is 0 Å². The first-order valence-corrected chi connectivity index (χ1v) is 9.24. The minimum atomic E-state index is -0.795. The van der Waals surface area contributed by atoms with Crippen molar-refractivity contribution < 1.29 is 24.2 Å². The van der Waals surface area contributed by atoms with Gasteiger partial charge in [-0.25, -0.2) is 4.79 Å². The summed E-state index contributed by atoms with van der Waals surface area (Å²) in [6, 6.07) is 5.16. The average molecular weight is 377 g/mol. The normalized spacial score (nSPS) is 21.3. The molecule has 0 heterocycles. The van der Waals surface area contributed by atoms with E-state index in [2.05, 4.69) is 10.6 Å². The van der Waals surface area contributed by atoms with Crippen molar-refractivity contribution in [2.45, 2.75) is 37.8 Å². The van der Waals surface area contributed by atoms with Gasteiger partial charge in [0.1, 0.15) is 11.5 Å². The molecule has 2 saturated carbocycles. The second-order valence-corrected chi connectivity index (χ2v) is 7.25. The second-order valence-electron chi connectivity index (χ2n) is 7.25. The van der Waals surface area contributed by atoms with Crippen LogP contribution >= 0.6 is 0 Å². The molecule has 2 fully saturated rings. The molecular weight excluding hydrogens is 350 g/mol. The summed E-state index contributed by atoms with van der Waals surface area (Å²) in [5.74, 6) is 1.01. The lowest BCUT2D eigenvalue weighted by molar-refractivity contribution is -0.139. The minimum absolute atomic E-state index is 0.0507. The molecule has 148 valence electrons. The van der Waals surface area contributed by atoms with E-state index >= 15 is 0 Å². The molecule has 0 unspecified atom stereocenters. The molecule has 1 aromatic carbocycles. The first kappa shape index (κ1) is 19.3. The molecule has 2 amide bonds. The largest absolute Gasteiger partial charge is 0.497 e. The summed E-state index contributed by atoms with van der Waals surface area (Å²) in [5, 5.41) is 14.8. The summed E-state index contributed by atoms with van der Waals surface area (Å²) in [7, 11) is 3.10. The van der Waals surface area contributed by atoms with E-state index in [1.54, 1.807) is 25.3 Å². The molecule has 0 aromatic heterocycles. The molecule has 0 saturated heterocycles. The first-order chi connectivity index (χ1) is 13.0. The molecule has 0 atom stereocenters. The SMILES string of the molecule is COc1ccc(NC(=O)NC2CC(N(CC(=O)O)CC3CC3)C2)c(OC)c1. The van der Waals surface area contributed by atoms with Crippen LogP contribution in [0.4, 0.5) is 10.5 Å². The summed E-state index contributed by atoms with van der Waals surface area (Å²) >= 11 is 0. The lowest BCUT2D eigenvalue weighted by Gasteiger charge is -2.42. The molecule has 3 N–H and O–H groups in total. The van der Waals surface area contributed by atoms with E-state index in [-0.39, 0.29) is 24.7 Å². The highest BCUT2D eigenvalue weighted by molar-refractivity contribution is 5.91. The summed E-state index contributed by atoms with van der Waals surface area (Å²) in [4.78, 5) is 25.4. The number of carboxylic acid groups (broad SMARTS) is 1. The van der Waals surface area contributed by atoms with Gasteiger partial charge in [0.15, 0.2) is 0 Å². The van der Waals surface area contributed by atoms with Crippen LogP contribution in [0.1, 0.15) is 25.7 Å². The average Bonchev–Trinajstić information content (AvgIpc) is 3.41. The number of nitrogens with one attached hydrogen (secondary N) is 2. The minimum Gasteiger partial charge on any atom is -0.497 e. The monoisotopic (exact) mass is 377 g/mol. The van der Waals surface area contributed by atoms with E-state index in [1.165, 1.54) is 20.0 Å². The van der Waals surface area contributed by atoms with Crippen molar-refractivity contribution in [2.24, 2.45) is 5.92 Å². The van der Waals surface area contributed by atoms with Crippen LogP contribution in [-0.4, -0.2) is 61.4 Å². The number of carboxylic acids is 1. The number of nitrogens with zero attached hydrogens (tertiary/aromatic N) is 1. The number of rotatable bonds is 9. The summed E-state index contributed by atoms with van der Waals surface area (Å²) < 4.78 is 10.4. The number of ether oxygens (including phenoxy) is 2. The zero-order chi connectivity index (χ0) is 19.4. The molecule has 2 aliphatic rings. The molecule has 0 bridgehead atoms. The number of amides is 2. The Morgan fingerprint density at radius 1 is 1.22 bits per heavy atom. The maximum Gasteiger partial charge on any atom is 0.319 e. The number of aliphatic carboxylic acids is 1. The summed E-state index contributed by atoms with van der Waals surface area (Å²) in [6.45, 7) is 0.919. The highest BCUT2D eigenvalue weighted by Gasteiger charge is 2.37. The molecule has 8 nitrogen and oxygen atoms in total. The molecule has 3 rings (SSSR count). The number of carbonyl (C=O) groups is 2. The van der Waals surface area contributed by atoms with Crippen molar-refractivity contribution in [2.75, 3.05) is 32.6 Å². The van der Waals surface area contributed by atoms with Crippen LogP contribution in [0.2, 0.25) is 0 Å². The van der Waals surface area contributed by atoms with Gasteiger partial charge in [-0.05, 0) is 43.7 Å². The third-order valence-electron chi connectivity index (χ3n) is 5.15. The van der Waals surface area contributed by atoms with Crippen LogP contribution in [-0.2, 0) is 4.79 Å². The van der Waals surface area contributed by atoms with E-state index in [4.69, 9.17) is 14.6 Å². The van der Waals surface area contributed by atoms with Crippen molar-refractivity contribution in [3.63, 3.8) is 0 Å². The number of anilines is 1. The maximum atomic E-state index is 12.3. The van der Waals surface area contributed by atoms with Crippen molar-refractivity contribution in [3.8, 4) is 11.5 Å². The fourth-order valence-electron chi connectivity index (χ4n) is 3.40. The third-order valence-corrected chi connectivity index (χ3v) is 5.15. The molecule has 0 spiro atoms. The van der Waals surface area contributed by atoms with Gasteiger partial charge in [-0.2, -0.15) is 0 Å². The van der Waals surface area contributed by atoms with E-state index in [0.29, 0.717) is 23.1 Å². The Morgan fingerprint density at radius 2 is 1.96 bits per heavy atom. The number of hydrogen-bond donors (Lipinski definition) is 3. The molecular formula is C19H27N3O5. The van der Waals surface area contributed by atoms with Crippen molar-refractivity contribution in [3.05, 3.63) is 18.2 Å². The highest BCUT2D eigenvalue weighted by Crippen LogP contribution is 2.34. The van der Waals surface area contributed by atoms with E-state index in [1.807, 2.05) is 4.90 Å². The predicted molar refractivity (Wildman–Crippen MR) is 100 cm³/mol. The lowest BCUT2D eigenvalue weighted by atomic mass is 9.85. The zero-order valence-electron chi connectivity index (χ0n) is 15.7. The Balaban J connectivity index is 1.47. The lowest BCUT2D eigenvalue weighted by Crippen LogP contribution is -2.55. The maximum absolute atomic E-state index is 12.3. The fraction of sp³-hybridized carbons (Fsp3) is 0.579. The van der Waals surface area contributed by atoms with Crippen LogP contribution in [0.25, 0.3) is 0 Å². The number of carbonyl (C=O) groups excluding carboxylic acids is 1. The predicted octanol–water partition coefficient (Wildman–Crippen LogP) is 2.15. The Morgan fingerprint density at radius 3 is 2.56 bits per heavy atom. The Labute approximate surface area is 158 Å². The van der Waals surface area contributed by atoms with Gasteiger partial charge in [0.2, 0.25) is 0 Å². The van der Waals surface area contributed by atoms with Gasteiger partial charge < -0.3 is 25.2 Å². The van der Waals surface area contributed by atoms with Crippen molar-refractivity contribution in [1.82, 2.24) is 10.2 Å². The number of urea groups is 1. The molecule has 2 aliphatic carbocycles. The molecule has 27 heavy (non-hydrogen) atoms. The van der Waals surface area contributed by atoms with Crippen LogP contribution in [0.15, 0.2) is 18.2 Å². The Hall–Kier alpha value is -2.48. The standard InChI is InChI=1S/C19H27N3O5/c1-26-15-5-6-16(17(9-15)27-2)21-19(25)20-13-7-14(8-13)22(11-18(23)24)10-12-3-4-12/h5-6,9,12-14H,3-4,7-8,10-11H2,1-2H3,(H,23,24)(H2,20,21,25). The quantitative estimate of drug-likeness (QED) is 0.610. The van der Waals surface area contributed by atoms with Gasteiger partial charge >= 0.3 is 12.0 Å². The number of methoxy groups -OCH3 is 2. The van der Waals surface area contributed by atoms with E-state index in [0.717, 1.165) is 19.4 Å². The summed E-state index contributed by atoms with van der Waals surface area (Å²) in [5.41, 5.74) is 0.563. The Kier molecular flexibility index (Phi) is 6.05. The van der Waals surface area contributed by atoms with Gasteiger partial charge in [-0.3, -0.25) is 9.69 Å². The highest BCUT2D eigenvalue weighted by atomic mass is 16.5. The topological polar surface area (TPSA) is 100 Å². The van der Waals surface area contributed by atoms with E-state index < -0.39 is 5.97 Å². The molecule has 0 aliphatic heterocycles. The van der Waals surface area contributed by atoms with Crippen LogP contribution < -0.4 is 20.1 Å². The van der Waals surface area contributed by atoms with Crippen LogP contribution in [0, 0.1) is 5.92 Å². The first-order valence-electron chi connectivity index (χ1n) is 9.24. The van der Waals surface area contributed by atoms with Crippen molar-refractivity contribution in [1.29, 1.82) is 0 Å². The van der Waals surface area contributed by atoms with Gasteiger partial charge in [0.05, 0.1) is 26.5 Å². The smallest absolute Gasteiger partial charge is 0.319 e. The fourth-order valence-corrected chi connectivity index (χ4v) is 3.40. The zero-order valence-corrected chi connectivity index (χ0v) is 15.7. The van der Waals surface area contributed by atoms with Crippen LogP contribution in [0.3, 0.4) is 0 Å². The molecule has 0 radical (unpaired) electrons. The summed E-state index contributed by atoms with van der Waals surface area (Å²) in [6.07, 6.45) is 3.92. The molecule has 8 heteroatoms. The van der Waals surface area contributed by atoms with Crippen LogP contribution in [0.5, 0.6) is 11.5 Å². The van der Waals surface area contributed by atoms with E-state index in [9.17, 15) is 9.59 Å². The Bertz CT molecular complexity index is 686. The third kappa shape index (κ3) is 5.26. The number of benzene rings is 1. The van der Waals surface area contributed by atoms with Gasteiger partial charge in [-0.1, -0.05) is 0 Å². The second kappa shape index (κ2) is 8.47. The van der Waals surface area contributed by atoms with Gasteiger partial charge in [0.25, 0.3) is 0 Å². The van der Waals surface area contributed by atoms with Gasteiger partial charge in [0, 0.05) is 24.7 Å².